The number of nitrogens with two attached hydrogens (primary N) is 2. The van der Waals surface area contributed by atoms with Gasteiger partial charge in [0, 0.05) is 12.1 Å². The number of hydrogen-bond donors (Lipinski definition) is 3. The van der Waals surface area contributed by atoms with Crippen molar-refractivity contribution >= 4 is 0 Å². The van der Waals surface area contributed by atoms with E-state index in [-0.39, 0.29) is 12.1 Å². The summed E-state index contributed by atoms with van der Waals surface area (Å²) < 4.78 is 0. The number of aliphatic hydroxyl groups is 1. The molecule has 5 N–H and O–H groups in total. The van der Waals surface area contributed by atoms with Gasteiger partial charge in [0.2, 0.25) is 0 Å². The van der Waals surface area contributed by atoms with Crippen LogP contribution in [0.2, 0.25) is 0 Å². The van der Waals surface area contributed by atoms with E-state index in [1.165, 1.54) is 5.56 Å². The maximum Gasteiger partial charge on any atom is 0.0709 e. The number of hydrogen-bond acceptors (Lipinski definition) is 3. The Morgan fingerprint density at radius 1 is 0.762 bits per heavy atom. The first-order chi connectivity index (χ1) is 10.1. The molecule has 2 rings (SSSR count). The highest BCUT2D eigenvalue weighted by Crippen LogP contribution is 2.10. The predicted molar refractivity (Wildman–Crippen MR) is 86.9 cm³/mol. The monoisotopic (exact) mass is 284 g/mol. The van der Waals surface area contributed by atoms with Crippen molar-refractivity contribution in [3.63, 3.8) is 0 Å². The fourth-order valence-electron chi connectivity index (χ4n) is 2.51. The first kappa shape index (κ1) is 15.7. The molecule has 3 nitrogen and oxygen atoms in total. The zero-order chi connectivity index (χ0) is 15.1. The molecule has 0 spiro atoms. The topological polar surface area (TPSA) is 72.3 Å². The molecule has 0 saturated heterocycles. The van der Waals surface area contributed by atoms with E-state index in [0.29, 0.717) is 12.8 Å². The van der Waals surface area contributed by atoms with Crippen LogP contribution in [0.25, 0.3) is 0 Å². The van der Waals surface area contributed by atoms with E-state index >= 15 is 0 Å². The molecular formula is C18H24N2O. The van der Waals surface area contributed by atoms with E-state index in [1.54, 1.807) is 0 Å². The van der Waals surface area contributed by atoms with Gasteiger partial charge in [-0.25, -0.2) is 0 Å². The molecule has 0 heterocycles. The molecule has 112 valence electrons. The molecule has 0 amide bonds. The van der Waals surface area contributed by atoms with Gasteiger partial charge in [-0.2, -0.15) is 0 Å². The number of rotatable bonds is 7. The van der Waals surface area contributed by atoms with E-state index in [4.69, 9.17) is 11.5 Å². The molecule has 0 radical (unpaired) electrons. The van der Waals surface area contributed by atoms with Gasteiger partial charge in [-0.3, -0.25) is 0 Å². The lowest BCUT2D eigenvalue weighted by atomic mass is 9.95. The molecule has 0 aliphatic heterocycles. The van der Waals surface area contributed by atoms with Gasteiger partial charge in [0.1, 0.15) is 0 Å². The highest BCUT2D eigenvalue weighted by molar-refractivity contribution is 5.17. The second-order valence-electron chi connectivity index (χ2n) is 5.61. The minimum absolute atomic E-state index is 0.0794. The summed E-state index contributed by atoms with van der Waals surface area (Å²) in [6.45, 7) is 0. The predicted octanol–water partition coefficient (Wildman–Crippen LogP) is 1.88. The van der Waals surface area contributed by atoms with Crippen molar-refractivity contribution in [3.05, 3.63) is 71.8 Å². The zero-order valence-corrected chi connectivity index (χ0v) is 12.2. The lowest BCUT2D eigenvalue weighted by molar-refractivity contribution is 0.126. The van der Waals surface area contributed by atoms with E-state index in [1.807, 2.05) is 48.5 Å². The van der Waals surface area contributed by atoms with E-state index in [0.717, 1.165) is 12.0 Å². The number of benzene rings is 2. The molecule has 3 atom stereocenters. The highest BCUT2D eigenvalue weighted by atomic mass is 16.3. The SMILES string of the molecule is N[C@H](Cc1ccccc1)C[C@H](O)[C@@H](N)Cc1ccccc1. The molecule has 0 aromatic heterocycles. The summed E-state index contributed by atoms with van der Waals surface area (Å²) in [6, 6.07) is 19.7. The van der Waals surface area contributed by atoms with Crippen molar-refractivity contribution < 1.29 is 5.11 Å². The summed E-state index contributed by atoms with van der Waals surface area (Å²) in [5.74, 6) is 0. The van der Waals surface area contributed by atoms with Crippen LogP contribution in [0.5, 0.6) is 0 Å². The maximum atomic E-state index is 10.2. The molecule has 21 heavy (non-hydrogen) atoms. The average Bonchev–Trinajstić information content (AvgIpc) is 2.49. The van der Waals surface area contributed by atoms with Crippen molar-refractivity contribution in [1.82, 2.24) is 0 Å². The summed E-state index contributed by atoms with van der Waals surface area (Å²) in [4.78, 5) is 0. The second-order valence-corrected chi connectivity index (χ2v) is 5.61. The van der Waals surface area contributed by atoms with Crippen LogP contribution in [0.4, 0.5) is 0 Å². The Morgan fingerprint density at radius 2 is 1.24 bits per heavy atom. The Morgan fingerprint density at radius 3 is 1.76 bits per heavy atom. The summed E-state index contributed by atoms with van der Waals surface area (Å²) in [7, 11) is 0. The van der Waals surface area contributed by atoms with Gasteiger partial charge in [-0.05, 0) is 30.4 Å². The van der Waals surface area contributed by atoms with Crippen molar-refractivity contribution in [3.8, 4) is 0 Å². The van der Waals surface area contributed by atoms with Crippen LogP contribution >= 0.6 is 0 Å². The molecule has 0 aliphatic carbocycles. The third-order valence-electron chi connectivity index (χ3n) is 3.69. The summed E-state index contributed by atoms with van der Waals surface area (Å²) >= 11 is 0. The van der Waals surface area contributed by atoms with E-state index in [2.05, 4.69) is 12.1 Å². The minimum atomic E-state index is -0.580. The first-order valence-electron chi connectivity index (χ1n) is 7.42. The lowest BCUT2D eigenvalue weighted by Gasteiger charge is -2.22. The van der Waals surface area contributed by atoms with Gasteiger partial charge >= 0.3 is 0 Å². The van der Waals surface area contributed by atoms with Crippen LogP contribution in [-0.2, 0) is 12.8 Å². The lowest BCUT2D eigenvalue weighted by Crippen LogP contribution is -2.41. The molecule has 0 saturated carbocycles. The van der Waals surface area contributed by atoms with Crippen molar-refractivity contribution in [2.24, 2.45) is 11.5 Å². The third-order valence-corrected chi connectivity index (χ3v) is 3.69. The Balaban J connectivity index is 1.81. The minimum Gasteiger partial charge on any atom is -0.391 e. The van der Waals surface area contributed by atoms with Gasteiger partial charge in [0.05, 0.1) is 6.10 Å². The molecule has 0 bridgehead atoms. The normalized spacial score (nSPS) is 15.4. The van der Waals surface area contributed by atoms with Crippen LogP contribution in [0.15, 0.2) is 60.7 Å². The molecule has 0 aliphatic rings. The first-order valence-corrected chi connectivity index (χ1v) is 7.42. The summed E-state index contributed by atoms with van der Waals surface area (Å²) in [5.41, 5.74) is 14.5. The Labute approximate surface area is 126 Å². The van der Waals surface area contributed by atoms with Crippen LogP contribution in [0.3, 0.4) is 0 Å². The van der Waals surface area contributed by atoms with Crippen molar-refractivity contribution in [1.29, 1.82) is 0 Å². The van der Waals surface area contributed by atoms with Gasteiger partial charge < -0.3 is 16.6 Å². The summed E-state index contributed by atoms with van der Waals surface area (Å²) in [5, 5.41) is 10.2. The molecule has 2 aromatic rings. The molecular weight excluding hydrogens is 260 g/mol. The molecule has 2 aromatic carbocycles. The largest absolute Gasteiger partial charge is 0.391 e. The quantitative estimate of drug-likeness (QED) is 0.727. The fourth-order valence-corrected chi connectivity index (χ4v) is 2.51. The van der Waals surface area contributed by atoms with Crippen LogP contribution in [0, 0.1) is 0 Å². The van der Waals surface area contributed by atoms with E-state index < -0.39 is 6.10 Å². The Kier molecular flexibility index (Phi) is 5.93. The Hall–Kier alpha value is -1.68. The van der Waals surface area contributed by atoms with Crippen LogP contribution in [0.1, 0.15) is 17.5 Å². The third kappa shape index (κ3) is 5.31. The standard InChI is InChI=1S/C18H24N2O/c19-16(11-14-7-3-1-4-8-14)13-18(21)17(20)12-15-9-5-2-6-10-15/h1-10,16-18,21H,11-13,19-20H2/t16-,17+,18+/m1/s1. The van der Waals surface area contributed by atoms with Crippen molar-refractivity contribution in [2.45, 2.75) is 37.5 Å². The van der Waals surface area contributed by atoms with Gasteiger partial charge in [-0.1, -0.05) is 60.7 Å². The molecule has 0 fully saturated rings. The van der Waals surface area contributed by atoms with Gasteiger partial charge in [0.15, 0.2) is 0 Å². The fraction of sp³-hybridized carbons (Fsp3) is 0.333. The Bertz CT molecular complexity index is 515. The van der Waals surface area contributed by atoms with Crippen molar-refractivity contribution in [2.75, 3.05) is 0 Å². The summed E-state index contributed by atoms with van der Waals surface area (Å²) in [6.07, 6.45) is 1.36. The van der Waals surface area contributed by atoms with Crippen LogP contribution in [-0.4, -0.2) is 23.3 Å². The smallest absolute Gasteiger partial charge is 0.0709 e. The number of aliphatic hydroxyl groups excluding tert-OH is 1. The second kappa shape index (κ2) is 7.93. The highest BCUT2D eigenvalue weighted by Gasteiger charge is 2.18. The van der Waals surface area contributed by atoms with Gasteiger partial charge in [-0.15, -0.1) is 0 Å². The molecule has 0 unspecified atom stereocenters. The average molecular weight is 284 g/mol. The van der Waals surface area contributed by atoms with Gasteiger partial charge in [0.25, 0.3) is 0 Å². The van der Waals surface area contributed by atoms with E-state index in [9.17, 15) is 5.11 Å². The molecule has 3 heteroatoms. The maximum absolute atomic E-state index is 10.2. The zero-order valence-electron chi connectivity index (χ0n) is 12.2. The van der Waals surface area contributed by atoms with Crippen LogP contribution < -0.4 is 11.5 Å².